The quantitative estimate of drug-likeness (QED) is 0.561. The maximum absolute atomic E-state index is 12.0. The monoisotopic (exact) mass is 394 g/mol. The second-order valence-corrected chi connectivity index (χ2v) is 6.77. The first-order valence-corrected chi connectivity index (χ1v) is 8.72. The van der Waals surface area contributed by atoms with Gasteiger partial charge in [-0.3, -0.25) is 0 Å². The standard InChI is InChI=1S/C21H15BrO3/c1-24-21(23)19-12-17(13-5-3-2-4-6-13)20-16-9-8-15(22)11-14(16)7-10-18(20)25-19/h2-12,17H,1H3/t17-/m0/s1. The Balaban J connectivity index is 1.97. The second kappa shape index (κ2) is 6.37. The molecule has 0 aromatic heterocycles. The summed E-state index contributed by atoms with van der Waals surface area (Å²) in [7, 11) is 1.36. The molecule has 0 fully saturated rings. The zero-order valence-electron chi connectivity index (χ0n) is 13.5. The number of fused-ring (bicyclic) bond motifs is 3. The summed E-state index contributed by atoms with van der Waals surface area (Å²) in [4.78, 5) is 12.0. The molecule has 0 N–H and O–H groups in total. The average Bonchev–Trinajstić information content (AvgIpc) is 2.66. The van der Waals surface area contributed by atoms with E-state index in [1.807, 2.05) is 42.5 Å². The van der Waals surface area contributed by atoms with E-state index in [0.717, 1.165) is 26.4 Å². The van der Waals surface area contributed by atoms with E-state index in [0.29, 0.717) is 5.75 Å². The number of rotatable bonds is 2. The molecule has 0 radical (unpaired) electrons. The number of hydrogen-bond donors (Lipinski definition) is 0. The second-order valence-electron chi connectivity index (χ2n) is 5.86. The van der Waals surface area contributed by atoms with Crippen LogP contribution >= 0.6 is 15.9 Å². The number of ether oxygens (including phenoxy) is 2. The van der Waals surface area contributed by atoms with Gasteiger partial charge in [-0.2, -0.15) is 0 Å². The molecule has 0 unspecified atom stereocenters. The first kappa shape index (κ1) is 15.9. The Morgan fingerprint density at radius 3 is 2.64 bits per heavy atom. The smallest absolute Gasteiger partial charge is 0.373 e. The molecule has 4 heteroatoms. The van der Waals surface area contributed by atoms with Crippen molar-refractivity contribution >= 4 is 32.7 Å². The predicted molar refractivity (Wildman–Crippen MR) is 101 cm³/mol. The van der Waals surface area contributed by atoms with Crippen molar-refractivity contribution in [2.24, 2.45) is 0 Å². The van der Waals surface area contributed by atoms with Gasteiger partial charge in [0.05, 0.1) is 7.11 Å². The third-order valence-corrected chi connectivity index (χ3v) is 4.87. The minimum atomic E-state index is -0.470. The number of methoxy groups -OCH3 is 1. The van der Waals surface area contributed by atoms with Gasteiger partial charge >= 0.3 is 5.97 Å². The minimum absolute atomic E-state index is 0.0797. The topological polar surface area (TPSA) is 35.5 Å². The van der Waals surface area contributed by atoms with Crippen LogP contribution in [-0.2, 0) is 9.53 Å². The van der Waals surface area contributed by atoms with Gasteiger partial charge < -0.3 is 9.47 Å². The van der Waals surface area contributed by atoms with Crippen molar-refractivity contribution in [3.05, 3.63) is 88.1 Å². The first-order valence-electron chi connectivity index (χ1n) is 7.92. The summed E-state index contributed by atoms with van der Waals surface area (Å²) in [6.45, 7) is 0. The van der Waals surface area contributed by atoms with Gasteiger partial charge in [0.1, 0.15) is 5.75 Å². The summed E-state index contributed by atoms with van der Waals surface area (Å²) >= 11 is 3.52. The molecule has 4 rings (SSSR count). The molecular weight excluding hydrogens is 380 g/mol. The largest absolute Gasteiger partial charge is 0.463 e. The van der Waals surface area contributed by atoms with Crippen LogP contribution in [0.1, 0.15) is 17.0 Å². The number of carbonyl (C=O) groups is 1. The lowest BCUT2D eigenvalue weighted by Gasteiger charge is -2.26. The number of carbonyl (C=O) groups excluding carboxylic acids is 1. The van der Waals surface area contributed by atoms with Crippen LogP contribution in [0.2, 0.25) is 0 Å². The molecule has 1 heterocycles. The van der Waals surface area contributed by atoms with Crippen LogP contribution in [0, 0.1) is 0 Å². The maximum Gasteiger partial charge on any atom is 0.373 e. The lowest BCUT2D eigenvalue weighted by molar-refractivity contribution is -0.138. The highest BCUT2D eigenvalue weighted by Gasteiger charge is 2.28. The molecule has 0 bridgehead atoms. The Hall–Kier alpha value is -2.59. The van der Waals surface area contributed by atoms with Crippen molar-refractivity contribution in [3.63, 3.8) is 0 Å². The normalized spacial score (nSPS) is 15.9. The van der Waals surface area contributed by atoms with Crippen LogP contribution < -0.4 is 4.74 Å². The third-order valence-electron chi connectivity index (χ3n) is 4.38. The zero-order valence-corrected chi connectivity index (χ0v) is 15.1. The van der Waals surface area contributed by atoms with Gasteiger partial charge in [0.15, 0.2) is 0 Å². The lowest BCUT2D eigenvalue weighted by atomic mass is 9.85. The number of halogens is 1. The predicted octanol–water partition coefficient (Wildman–Crippen LogP) is 5.18. The van der Waals surface area contributed by atoms with Gasteiger partial charge in [-0.05, 0) is 40.6 Å². The summed E-state index contributed by atoms with van der Waals surface area (Å²) < 4.78 is 11.7. The van der Waals surface area contributed by atoms with Crippen molar-refractivity contribution in [2.75, 3.05) is 7.11 Å². The highest BCUT2D eigenvalue weighted by molar-refractivity contribution is 9.10. The summed E-state index contributed by atoms with van der Waals surface area (Å²) in [5.74, 6) is 0.360. The Kier molecular flexibility index (Phi) is 4.06. The molecule has 3 aromatic rings. The molecule has 124 valence electrons. The van der Waals surface area contributed by atoms with Crippen LogP contribution in [0.5, 0.6) is 5.75 Å². The van der Waals surface area contributed by atoms with Gasteiger partial charge in [0.25, 0.3) is 0 Å². The van der Waals surface area contributed by atoms with E-state index in [1.165, 1.54) is 7.11 Å². The van der Waals surface area contributed by atoms with Crippen LogP contribution in [0.25, 0.3) is 10.8 Å². The Labute approximate surface area is 154 Å². The number of hydrogen-bond acceptors (Lipinski definition) is 3. The van der Waals surface area contributed by atoms with Crippen molar-refractivity contribution in [1.82, 2.24) is 0 Å². The van der Waals surface area contributed by atoms with Crippen LogP contribution in [0.3, 0.4) is 0 Å². The Morgan fingerprint density at radius 1 is 1.08 bits per heavy atom. The molecule has 0 saturated carbocycles. The van der Waals surface area contributed by atoms with Crippen LogP contribution in [0.4, 0.5) is 0 Å². The molecule has 1 aliphatic rings. The van der Waals surface area contributed by atoms with Gasteiger partial charge in [-0.15, -0.1) is 0 Å². The van der Waals surface area contributed by atoms with Crippen molar-refractivity contribution in [1.29, 1.82) is 0 Å². The number of benzene rings is 3. The maximum atomic E-state index is 12.0. The van der Waals surface area contributed by atoms with E-state index >= 15 is 0 Å². The summed E-state index contributed by atoms with van der Waals surface area (Å²) in [6, 6.07) is 20.2. The number of allylic oxidation sites excluding steroid dienone is 1. The van der Waals surface area contributed by atoms with E-state index in [2.05, 4.69) is 40.2 Å². The molecule has 25 heavy (non-hydrogen) atoms. The SMILES string of the molecule is COC(=O)C1=C[C@@H](c2ccccc2)c2c(ccc3cc(Br)ccc23)O1. The first-order chi connectivity index (χ1) is 12.2. The Morgan fingerprint density at radius 2 is 1.88 bits per heavy atom. The number of esters is 1. The van der Waals surface area contributed by atoms with Crippen molar-refractivity contribution < 1.29 is 14.3 Å². The Bertz CT molecular complexity index is 993. The van der Waals surface area contributed by atoms with E-state index < -0.39 is 5.97 Å². The molecule has 0 aliphatic carbocycles. The van der Waals surface area contributed by atoms with Gasteiger partial charge in [-0.25, -0.2) is 4.79 Å². The molecule has 3 aromatic carbocycles. The van der Waals surface area contributed by atoms with E-state index in [1.54, 1.807) is 0 Å². The van der Waals surface area contributed by atoms with Gasteiger partial charge in [0, 0.05) is 16.0 Å². The molecule has 1 atom stereocenters. The fraction of sp³-hybridized carbons (Fsp3) is 0.0952. The fourth-order valence-electron chi connectivity index (χ4n) is 3.24. The van der Waals surface area contributed by atoms with Crippen molar-refractivity contribution in [2.45, 2.75) is 5.92 Å². The molecule has 0 spiro atoms. The van der Waals surface area contributed by atoms with Gasteiger partial charge in [-0.1, -0.05) is 58.4 Å². The fourth-order valence-corrected chi connectivity index (χ4v) is 3.61. The van der Waals surface area contributed by atoms with E-state index in [4.69, 9.17) is 9.47 Å². The van der Waals surface area contributed by atoms with E-state index in [9.17, 15) is 4.79 Å². The molecule has 0 saturated heterocycles. The van der Waals surface area contributed by atoms with Crippen LogP contribution in [0.15, 0.2) is 77.0 Å². The zero-order chi connectivity index (χ0) is 17.4. The summed E-state index contributed by atoms with van der Waals surface area (Å²) in [5.41, 5.74) is 2.16. The lowest BCUT2D eigenvalue weighted by Crippen LogP contribution is -2.18. The highest BCUT2D eigenvalue weighted by Crippen LogP contribution is 2.43. The van der Waals surface area contributed by atoms with Crippen LogP contribution in [-0.4, -0.2) is 13.1 Å². The summed E-state index contributed by atoms with van der Waals surface area (Å²) in [6.07, 6.45) is 1.84. The molecule has 3 nitrogen and oxygen atoms in total. The highest BCUT2D eigenvalue weighted by atomic mass is 79.9. The van der Waals surface area contributed by atoms with E-state index in [-0.39, 0.29) is 11.7 Å². The average molecular weight is 395 g/mol. The molecule has 0 amide bonds. The third kappa shape index (κ3) is 2.83. The molecular formula is C21H15BrO3. The van der Waals surface area contributed by atoms with Crippen molar-refractivity contribution in [3.8, 4) is 5.75 Å². The molecule has 1 aliphatic heterocycles. The minimum Gasteiger partial charge on any atom is -0.463 e. The summed E-state index contributed by atoms with van der Waals surface area (Å²) in [5, 5.41) is 2.22. The van der Waals surface area contributed by atoms with Gasteiger partial charge in [0.2, 0.25) is 5.76 Å².